The average Bonchev–Trinajstić information content (AvgIpc) is 1.53. The number of sulfonamides is 1. The predicted octanol–water partition coefficient (Wildman–Crippen LogP) is 5.30. The highest BCUT2D eigenvalue weighted by Gasteiger charge is 2.52. The number of esters is 2. The molecule has 46 heteroatoms. The highest BCUT2D eigenvalue weighted by molar-refractivity contribution is 7.92. The number of benzene rings is 4. The second-order valence-electron chi connectivity index (χ2n) is 33.5. The van der Waals surface area contributed by atoms with E-state index in [0.717, 1.165) is 26.9 Å². The van der Waals surface area contributed by atoms with E-state index < -0.39 is 148 Å². The number of likely N-dealkylation sites (tertiary alicyclic amines) is 1. The van der Waals surface area contributed by atoms with Gasteiger partial charge in [-0.2, -0.15) is 0 Å². The first-order valence-corrected chi connectivity index (χ1v) is 48.4. The summed E-state index contributed by atoms with van der Waals surface area (Å²) >= 11 is 0. The summed E-state index contributed by atoms with van der Waals surface area (Å²) in [7, 11) is -4.19. The number of para-hydroxylation sites is 1. The Morgan fingerprint density at radius 1 is 0.539 bits per heavy atom. The van der Waals surface area contributed by atoms with Gasteiger partial charge >= 0.3 is 47.9 Å². The van der Waals surface area contributed by atoms with Crippen LogP contribution in [0, 0.1) is 5.92 Å². The molecule has 141 heavy (non-hydrogen) atoms. The molecule has 1 fully saturated rings. The Morgan fingerprint density at radius 3 is 1.74 bits per heavy atom. The fourth-order valence-electron chi connectivity index (χ4n) is 15.7. The summed E-state index contributed by atoms with van der Waals surface area (Å²) in [6.45, 7) is 10.8. The van der Waals surface area contributed by atoms with Crippen LogP contribution in [0.15, 0.2) is 113 Å². The number of carboxylic acids is 3. The van der Waals surface area contributed by atoms with Crippen LogP contribution in [0.25, 0.3) is 22.3 Å². The molecule has 1 saturated heterocycles. The van der Waals surface area contributed by atoms with E-state index in [1.807, 2.05) is 38.1 Å². The summed E-state index contributed by atoms with van der Waals surface area (Å²) in [6, 6.07) is 18.7. The molecule has 6 aromatic rings. The Balaban J connectivity index is 0.561. The molecule has 9 rings (SSSR count). The molecule has 13 amide bonds. The molecule has 6 atom stereocenters. The molecule has 0 spiro atoms. The van der Waals surface area contributed by atoms with Gasteiger partial charge in [0, 0.05) is 104 Å². The van der Waals surface area contributed by atoms with Gasteiger partial charge < -0.3 is 126 Å². The zero-order valence-corrected chi connectivity index (χ0v) is 80.3. The fourth-order valence-corrected chi connectivity index (χ4v) is 16.8. The normalized spacial score (nSPS) is 14.9. The summed E-state index contributed by atoms with van der Waals surface area (Å²) in [5.74, 6) is -10.3. The number of aliphatic carboxylic acids is 3. The van der Waals surface area contributed by atoms with Crippen molar-refractivity contribution in [3.8, 4) is 11.4 Å². The molecule has 3 aliphatic rings. The molecule has 3 aliphatic heterocycles. The maximum absolute atomic E-state index is 14.5. The van der Waals surface area contributed by atoms with Gasteiger partial charge in [-0.15, -0.1) is 0 Å². The number of carboxylic acid groups (broad SMARTS) is 3. The molecule has 0 radical (unpaired) electrons. The van der Waals surface area contributed by atoms with Crippen molar-refractivity contribution in [3.63, 3.8) is 0 Å². The van der Waals surface area contributed by atoms with Crippen molar-refractivity contribution < 1.29 is 134 Å². The van der Waals surface area contributed by atoms with Gasteiger partial charge in [-0.25, -0.2) is 37.4 Å². The lowest BCUT2D eigenvalue weighted by Gasteiger charge is -2.37. The van der Waals surface area contributed by atoms with Crippen molar-refractivity contribution in [2.75, 3.05) is 139 Å². The van der Waals surface area contributed by atoms with Crippen molar-refractivity contribution >= 4 is 133 Å². The summed E-state index contributed by atoms with van der Waals surface area (Å²) in [4.78, 5) is 214. The summed E-state index contributed by atoms with van der Waals surface area (Å²) in [5.41, 5.74) is 2.63. The van der Waals surface area contributed by atoms with E-state index in [-0.39, 0.29) is 228 Å². The summed E-state index contributed by atoms with van der Waals surface area (Å²) in [6.07, 6.45) is 0.964. The van der Waals surface area contributed by atoms with Crippen LogP contribution >= 0.6 is 0 Å². The van der Waals surface area contributed by atoms with Crippen LogP contribution in [0.4, 0.5) is 37.1 Å². The zero-order chi connectivity index (χ0) is 102. The number of unbranched alkanes of at least 4 members (excludes halogenated alkanes) is 1. The lowest BCUT2D eigenvalue weighted by atomic mass is 9.85. The van der Waals surface area contributed by atoms with Gasteiger partial charge in [0.2, 0.25) is 47.0 Å². The molecule has 45 nitrogen and oxygen atoms in total. The lowest BCUT2D eigenvalue weighted by Crippen LogP contribution is -2.57. The van der Waals surface area contributed by atoms with E-state index in [4.69, 9.17) is 48.0 Å². The maximum Gasteiger partial charge on any atom is 0.355 e. The fraction of sp³-hybridized carbons (Fsp3) is 0.505. The number of hydrogen-bond donors (Lipinski definition) is 16. The number of hydrogen-bond acceptors (Lipinski definition) is 27. The SMILES string of the molecule is CCCNC(=O)Nc1cccc(S(=O)(=O)Nc2cccc(C(CC(=O)O)NC(=O)Nc3ccc(NC(=O)NCCOCCOCCOCCC(=O)NC(CCCCNC(=O)CCCC(=O)NCCOCCOCCOCCC(=O)NC(CC(=O)O)C(=O)N4CCCC4C(=O)NC(C(=O)OC4(CC)C(=O)OCc5c4cc4n(c5=O)Cc5c-4nc4ccccc4c5CC)C(C)C)C(=O)NCCC(=O)O)cc3)c2)c1. The van der Waals surface area contributed by atoms with Crippen LogP contribution in [0.1, 0.15) is 165 Å². The molecule has 0 saturated carbocycles. The van der Waals surface area contributed by atoms with Gasteiger partial charge in [0.05, 0.1) is 138 Å². The number of urea groups is 3. The number of pyridine rings is 2. The third kappa shape index (κ3) is 34.6. The number of carbonyl (C=O) groups excluding carboxylic acids is 12. The van der Waals surface area contributed by atoms with Crippen LogP contribution in [0.5, 0.6) is 0 Å². The van der Waals surface area contributed by atoms with Crippen LogP contribution in [-0.4, -0.2) is 270 Å². The van der Waals surface area contributed by atoms with Crippen molar-refractivity contribution in [2.45, 2.75) is 191 Å². The Bertz CT molecular complexity index is 5550. The molecule has 0 bridgehead atoms. The van der Waals surface area contributed by atoms with Gasteiger partial charge in [0.15, 0.2) is 0 Å². The number of aromatic nitrogens is 2. The quantitative estimate of drug-likeness (QED) is 0.0170. The minimum atomic E-state index is -4.19. The Kier molecular flexibility index (Phi) is 44.4. The average molecular weight is 1990 g/mol. The lowest BCUT2D eigenvalue weighted by molar-refractivity contribution is -0.191. The number of carbonyl (C=O) groups is 15. The molecule has 5 heterocycles. The Labute approximate surface area is 814 Å². The standard InChI is InChI=1S/C95H126N16O29S/c1-6-34-99-92(128)103-63-18-14-20-65(53-63)141(131,132)109-64-19-13-17-60(52-64)73(55-82(118)119)107-94(130)102-62-29-27-61(28-30-62)101-93(129)100-38-43-136-47-51-138-48-44-133-40-32-79(114)104-72(86(122)98-36-31-81(116)117)23-11-12-35-96-77(112)25-15-26-78(113)97-37-42-135-46-50-137-49-45-134-41-33-80(115)105-74(56-83(120)121)89(125)110-39-16-24-75(110)87(123)108-84(59(4)5)90(126)140-95(8-3)70-54-76-85-68(57-111(76)88(124)69(70)58-139-91(95)127)66(7-2)67-21-9-10-22-71(67)106-85/h9-10,13-14,17-22,27-30,52-54,59,72-75,84,109H,6-8,11-12,15-16,23-26,31-51,55-58H2,1-5H3,(H,96,112)(H,97,113)(H,98,122)(H,104,114)(H,105,115)(H,108,123)(H,116,117)(H,118,119)(H,120,121)(H2,99,103,128)(H2,100,101,129)(H2,102,107,130). The number of amides is 13. The molecular weight excluding hydrogens is 1860 g/mol. The predicted molar refractivity (Wildman–Crippen MR) is 510 cm³/mol. The number of anilines is 4. The third-order valence-electron chi connectivity index (χ3n) is 22.8. The van der Waals surface area contributed by atoms with Crippen LogP contribution in [0.3, 0.4) is 0 Å². The third-order valence-corrected chi connectivity index (χ3v) is 24.2. The molecule has 766 valence electrons. The number of nitrogens with zero attached hydrogens (tertiary/aromatic N) is 3. The first-order valence-electron chi connectivity index (χ1n) is 46.9. The minimum Gasteiger partial charge on any atom is -0.481 e. The number of ether oxygens (including phenoxy) is 8. The summed E-state index contributed by atoms with van der Waals surface area (Å²) in [5, 5.41) is 61.1. The van der Waals surface area contributed by atoms with Gasteiger partial charge in [0.1, 0.15) is 30.8 Å². The minimum absolute atomic E-state index is 0.0103. The first-order chi connectivity index (χ1) is 67.7. The Hall–Kier alpha value is -13.8. The maximum atomic E-state index is 14.5. The van der Waals surface area contributed by atoms with Crippen molar-refractivity contribution in [3.05, 3.63) is 141 Å². The molecule has 16 N–H and O–H groups in total. The van der Waals surface area contributed by atoms with Gasteiger partial charge in [-0.3, -0.25) is 57.5 Å². The largest absolute Gasteiger partial charge is 0.481 e. The van der Waals surface area contributed by atoms with E-state index in [0.29, 0.717) is 61.4 Å². The van der Waals surface area contributed by atoms with Crippen molar-refractivity contribution in [1.29, 1.82) is 0 Å². The van der Waals surface area contributed by atoms with E-state index in [2.05, 4.69) is 68.5 Å². The van der Waals surface area contributed by atoms with E-state index in [1.54, 1.807) is 31.4 Å². The van der Waals surface area contributed by atoms with Gasteiger partial charge in [-0.1, -0.05) is 71.0 Å². The van der Waals surface area contributed by atoms with E-state index in [1.165, 1.54) is 72.8 Å². The second kappa shape index (κ2) is 56.4. The number of cyclic esters (lactones) is 1. The van der Waals surface area contributed by atoms with Gasteiger partial charge in [0.25, 0.3) is 15.6 Å². The molecular formula is C95H126N16O29S. The van der Waals surface area contributed by atoms with Gasteiger partial charge in [-0.05, 0) is 142 Å². The summed E-state index contributed by atoms with van der Waals surface area (Å²) < 4.78 is 75.7. The van der Waals surface area contributed by atoms with Crippen molar-refractivity contribution in [2.24, 2.45) is 5.92 Å². The number of aryl methyl sites for hydroxylation is 1. The van der Waals surface area contributed by atoms with Crippen LogP contribution in [-0.2, 0) is 131 Å². The molecule has 0 aliphatic carbocycles. The molecule has 2 aromatic heterocycles. The number of rotatable bonds is 61. The number of fused-ring (bicyclic) bond motifs is 5. The van der Waals surface area contributed by atoms with Crippen LogP contribution < -0.4 is 74.1 Å². The van der Waals surface area contributed by atoms with E-state index >= 15 is 0 Å². The number of nitrogens with one attached hydrogen (secondary N) is 13. The highest BCUT2D eigenvalue weighted by Crippen LogP contribution is 2.43. The topological polar surface area (TPSA) is 619 Å². The van der Waals surface area contributed by atoms with Crippen molar-refractivity contribution in [1.82, 2.24) is 62.3 Å². The molecule has 6 unspecified atom stereocenters. The highest BCUT2D eigenvalue weighted by atomic mass is 32.2. The smallest absolute Gasteiger partial charge is 0.355 e. The van der Waals surface area contributed by atoms with E-state index in [9.17, 15) is 95.3 Å². The first kappa shape index (κ1) is 111. The molecule has 4 aromatic carbocycles. The van der Waals surface area contributed by atoms with Crippen LogP contribution in [0.2, 0.25) is 0 Å². The zero-order valence-electron chi connectivity index (χ0n) is 79.4. The second-order valence-corrected chi connectivity index (χ2v) is 35.2. The Morgan fingerprint density at radius 2 is 1.12 bits per heavy atom. The monoisotopic (exact) mass is 1990 g/mol.